The van der Waals surface area contributed by atoms with Gasteiger partial charge in [-0.3, -0.25) is 0 Å². The molecule has 0 bridgehead atoms. The molecular formula is C12H21N3O3. The predicted molar refractivity (Wildman–Crippen MR) is 68.4 cm³/mol. The molecule has 0 saturated carbocycles. The number of hydrogen-bond acceptors (Lipinski definition) is 6. The highest BCUT2D eigenvalue weighted by molar-refractivity contribution is 5.32. The number of hydrogen-bond donors (Lipinski definition) is 1. The zero-order valence-electron chi connectivity index (χ0n) is 11.0. The number of ether oxygens (including phenoxy) is 3. The Hall–Kier alpha value is -1.40. The van der Waals surface area contributed by atoms with Gasteiger partial charge in [-0.2, -0.15) is 4.98 Å². The second-order valence-electron chi connectivity index (χ2n) is 3.79. The summed E-state index contributed by atoms with van der Waals surface area (Å²) < 4.78 is 15.8. The van der Waals surface area contributed by atoms with Crippen molar-refractivity contribution in [3.05, 3.63) is 11.9 Å². The van der Waals surface area contributed by atoms with E-state index in [0.29, 0.717) is 37.3 Å². The zero-order valence-corrected chi connectivity index (χ0v) is 11.0. The number of nitrogens with zero attached hydrogens (tertiary/aromatic N) is 2. The summed E-state index contributed by atoms with van der Waals surface area (Å²) in [5.74, 6) is 1.34. The highest BCUT2D eigenvalue weighted by atomic mass is 16.5. The molecule has 0 aliphatic heterocycles. The molecule has 0 aromatic carbocycles. The summed E-state index contributed by atoms with van der Waals surface area (Å²) in [5.41, 5.74) is 5.64. The quantitative estimate of drug-likeness (QED) is 0.672. The topological polar surface area (TPSA) is 79.5 Å². The van der Waals surface area contributed by atoms with Gasteiger partial charge in [0, 0.05) is 19.8 Å². The first-order chi connectivity index (χ1) is 8.76. The predicted octanol–water partition coefficient (Wildman–Crippen LogP) is 1.40. The number of aromatic nitrogens is 2. The van der Waals surface area contributed by atoms with Gasteiger partial charge >= 0.3 is 0 Å². The molecule has 0 fully saturated rings. The van der Waals surface area contributed by atoms with Crippen LogP contribution in [0.3, 0.4) is 0 Å². The van der Waals surface area contributed by atoms with Gasteiger partial charge in [0.05, 0.1) is 6.61 Å². The van der Waals surface area contributed by atoms with Crippen LogP contribution in [0.2, 0.25) is 0 Å². The maximum Gasteiger partial charge on any atom is 0.218 e. The van der Waals surface area contributed by atoms with Crippen molar-refractivity contribution in [1.82, 2.24) is 9.97 Å². The fourth-order valence-electron chi connectivity index (χ4n) is 1.31. The van der Waals surface area contributed by atoms with Crippen LogP contribution in [0.1, 0.15) is 25.6 Å². The summed E-state index contributed by atoms with van der Waals surface area (Å²) >= 11 is 0. The van der Waals surface area contributed by atoms with Crippen molar-refractivity contribution in [2.75, 3.05) is 32.7 Å². The second-order valence-corrected chi connectivity index (χ2v) is 3.79. The van der Waals surface area contributed by atoms with Crippen molar-refractivity contribution in [2.24, 2.45) is 0 Å². The Morgan fingerprint density at radius 1 is 1.22 bits per heavy atom. The summed E-state index contributed by atoms with van der Waals surface area (Å²) in [7, 11) is 1.58. The standard InChI is InChI=1S/C12H21N3O3/c1-3-4-5-17-6-7-18-12-8-10(13)14-11(15-12)9-16-2/h8H,3-7,9H2,1-2H3,(H2,13,14,15). The monoisotopic (exact) mass is 255 g/mol. The van der Waals surface area contributed by atoms with Gasteiger partial charge in [-0.15, -0.1) is 0 Å². The fourth-order valence-corrected chi connectivity index (χ4v) is 1.31. The van der Waals surface area contributed by atoms with E-state index in [9.17, 15) is 0 Å². The number of methoxy groups -OCH3 is 1. The molecule has 6 heteroatoms. The molecular weight excluding hydrogens is 234 g/mol. The Morgan fingerprint density at radius 3 is 2.78 bits per heavy atom. The van der Waals surface area contributed by atoms with E-state index in [0.717, 1.165) is 19.4 Å². The highest BCUT2D eigenvalue weighted by Crippen LogP contribution is 2.11. The summed E-state index contributed by atoms with van der Waals surface area (Å²) in [6.45, 7) is 4.20. The smallest absolute Gasteiger partial charge is 0.218 e. The lowest BCUT2D eigenvalue weighted by atomic mass is 10.4. The molecule has 0 radical (unpaired) electrons. The van der Waals surface area contributed by atoms with Gasteiger partial charge in [0.2, 0.25) is 5.88 Å². The molecule has 2 N–H and O–H groups in total. The first-order valence-corrected chi connectivity index (χ1v) is 6.09. The van der Waals surface area contributed by atoms with Crippen LogP contribution in [-0.2, 0) is 16.1 Å². The van der Waals surface area contributed by atoms with Crippen molar-refractivity contribution in [1.29, 1.82) is 0 Å². The van der Waals surface area contributed by atoms with E-state index in [2.05, 4.69) is 16.9 Å². The molecule has 102 valence electrons. The minimum absolute atomic E-state index is 0.314. The van der Waals surface area contributed by atoms with Crippen LogP contribution >= 0.6 is 0 Å². The Morgan fingerprint density at radius 2 is 2.06 bits per heavy atom. The van der Waals surface area contributed by atoms with Gasteiger partial charge in [-0.05, 0) is 6.42 Å². The van der Waals surface area contributed by atoms with E-state index in [1.807, 2.05) is 0 Å². The molecule has 1 aromatic heterocycles. The molecule has 0 aliphatic carbocycles. The average Bonchev–Trinajstić information content (AvgIpc) is 2.33. The minimum atomic E-state index is 0.314. The van der Waals surface area contributed by atoms with Crippen LogP contribution in [0.25, 0.3) is 0 Å². The van der Waals surface area contributed by atoms with Crippen molar-refractivity contribution < 1.29 is 14.2 Å². The molecule has 0 atom stereocenters. The molecule has 18 heavy (non-hydrogen) atoms. The lowest BCUT2D eigenvalue weighted by molar-refractivity contribution is 0.0960. The number of rotatable bonds is 9. The van der Waals surface area contributed by atoms with E-state index in [1.54, 1.807) is 13.2 Å². The summed E-state index contributed by atoms with van der Waals surface area (Å²) in [6.07, 6.45) is 2.20. The lowest BCUT2D eigenvalue weighted by Crippen LogP contribution is -2.10. The zero-order chi connectivity index (χ0) is 13.2. The third kappa shape index (κ3) is 5.79. The van der Waals surface area contributed by atoms with Crippen LogP contribution in [-0.4, -0.2) is 36.9 Å². The largest absolute Gasteiger partial charge is 0.475 e. The van der Waals surface area contributed by atoms with Gasteiger partial charge in [0.15, 0.2) is 5.82 Å². The van der Waals surface area contributed by atoms with Crippen LogP contribution in [0.15, 0.2) is 6.07 Å². The number of unbranched alkanes of at least 4 members (excludes halogenated alkanes) is 1. The van der Waals surface area contributed by atoms with E-state index in [1.165, 1.54) is 0 Å². The van der Waals surface area contributed by atoms with E-state index in [4.69, 9.17) is 19.9 Å². The molecule has 0 unspecified atom stereocenters. The minimum Gasteiger partial charge on any atom is -0.475 e. The second kappa shape index (κ2) is 8.66. The van der Waals surface area contributed by atoms with Crippen LogP contribution in [0.4, 0.5) is 5.82 Å². The normalized spacial score (nSPS) is 10.6. The molecule has 6 nitrogen and oxygen atoms in total. The third-order valence-electron chi connectivity index (χ3n) is 2.16. The first-order valence-electron chi connectivity index (χ1n) is 6.09. The van der Waals surface area contributed by atoms with Gasteiger partial charge < -0.3 is 19.9 Å². The van der Waals surface area contributed by atoms with Crippen LogP contribution in [0, 0.1) is 0 Å². The van der Waals surface area contributed by atoms with Crippen molar-refractivity contribution in [3.63, 3.8) is 0 Å². The van der Waals surface area contributed by atoms with Crippen LogP contribution in [0.5, 0.6) is 5.88 Å². The SMILES string of the molecule is CCCCOCCOc1cc(N)nc(COC)n1. The molecule has 0 spiro atoms. The molecule has 1 aromatic rings. The lowest BCUT2D eigenvalue weighted by Gasteiger charge is -2.08. The van der Waals surface area contributed by atoms with Gasteiger partial charge in [-0.25, -0.2) is 4.98 Å². The number of anilines is 1. The average molecular weight is 255 g/mol. The van der Waals surface area contributed by atoms with Gasteiger partial charge in [-0.1, -0.05) is 13.3 Å². The summed E-state index contributed by atoms with van der Waals surface area (Å²) in [4.78, 5) is 8.19. The molecule has 0 saturated heterocycles. The Bertz CT molecular complexity index is 347. The third-order valence-corrected chi connectivity index (χ3v) is 2.16. The van der Waals surface area contributed by atoms with E-state index >= 15 is 0 Å². The van der Waals surface area contributed by atoms with E-state index < -0.39 is 0 Å². The fraction of sp³-hybridized carbons (Fsp3) is 0.667. The highest BCUT2D eigenvalue weighted by Gasteiger charge is 2.03. The number of nitrogens with two attached hydrogens (primary N) is 1. The van der Waals surface area contributed by atoms with Crippen molar-refractivity contribution in [2.45, 2.75) is 26.4 Å². The number of nitrogen functional groups attached to an aromatic ring is 1. The first kappa shape index (κ1) is 14.7. The summed E-state index contributed by atoms with van der Waals surface area (Å²) in [5, 5.41) is 0. The molecule has 1 rings (SSSR count). The van der Waals surface area contributed by atoms with Crippen LogP contribution < -0.4 is 10.5 Å². The maximum absolute atomic E-state index is 5.64. The Balaban J connectivity index is 2.32. The Kier molecular flexibility index (Phi) is 7.05. The Labute approximate surface area is 107 Å². The molecule has 0 aliphatic rings. The maximum atomic E-state index is 5.64. The van der Waals surface area contributed by atoms with Crippen molar-refractivity contribution in [3.8, 4) is 5.88 Å². The van der Waals surface area contributed by atoms with Crippen molar-refractivity contribution >= 4 is 5.82 Å². The van der Waals surface area contributed by atoms with Gasteiger partial charge in [0.25, 0.3) is 0 Å². The van der Waals surface area contributed by atoms with E-state index in [-0.39, 0.29) is 0 Å². The molecule has 1 heterocycles. The molecule has 0 amide bonds. The summed E-state index contributed by atoms with van der Waals surface area (Å²) in [6, 6.07) is 1.59. The van der Waals surface area contributed by atoms with Gasteiger partial charge in [0.1, 0.15) is 19.0 Å².